The Labute approximate surface area is 131 Å². The Bertz CT molecular complexity index is 449. The molecule has 0 saturated carbocycles. The van der Waals surface area contributed by atoms with Crippen molar-refractivity contribution in [2.24, 2.45) is 0 Å². The van der Waals surface area contributed by atoms with Gasteiger partial charge in [-0.1, -0.05) is 0 Å². The van der Waals surface area contributed by atoms with E-state index in [1.807, 2.05) is 13.8 Å². The van der Waals surface area contributed by atoms with E-state index in [2.05, 4.69) is 0 Å². The number of halogens is 1. The van der Waals surface area contributed by atoms with Gasteiger partial charge in [-0.3, -0.25) is 9.69 Å². The molecule has 0 heterocycles. The summed E-state index contributed by atoms with van der Waals surface area (Å²) in [6.07, 6.45) is -0.723. The van der Waals surface area contributed by atoms with Crippen LogP contribution in [0.1, 0.15) is 13.8 Å². The number of carbonyl (C=O) groups is 1. The Kier molecular flexibility index (Phi) is 7.84. The lowest BCUT2D eigenvalue weighted by Gasteiger charge is -2.24. The molecule has 0 radical (unpaired) electrons. The number of nitrogens with zero attached hydrogens (tertiary/aromatic N) is 2. The molecule has 124 valence electrons. The van der Waals surface area contributed by atoms with Gasteiger partial charge in [-0.15, -0.1) is 0 Å². The summed E-state index contributed by atoms with van der Waals surface area (Å²) in [5.41, 5.74) is 0. The Morgan fingerprint density at radius 3 is 2.41 bits per heavy atom. The normalized spacial score (nSPS) is 12.3. The molecule has 1 amide bonds. The minimum absolute atomic E-state index is 0.0409. The maximum atomic E-state index is 12.8. The molecule has 0 bridgehead atoms. The van der Waals surface area contributed by atoms with Crippen molar-refractivity contribution in [1.82, 2.24) is 9.80 Å². The summed E-state index contributed by atoms with van der Waals surface area (Å²) in [7, 11) is 1.78. The molecule has 1 aromatic carbocycles. The predicted molar refractivity (Wildman–Crippen MR) is 83.3 cm³/mol. The Morgan fingerprint density at radius 1 is 1.27 bits per heavy atom. The van der Waals surface area contributed by atoms with Gasteiger partial charge in [-0.05, 0) is 45.2 Å². The highest BCUT2D eigenvalue weighted by Gasteiger charge is 2.15. The molecule has 0 aromatic heterocycles. The van der Waals surface area contributed by atoms with E-state index in [1.165, 1.54) is 24.3 Å². The van der Waals surface area contributed by atoms with Gasteiger partial charge in [-0.2, -0.15) is 0 Å². The lowest BCUT2D eigenvalue weighted by molar-refractivity contribution is -0.132. The summed E-state index contributed by atoms with van der Waals surface area (Å²) < 4.78 is 18.1. The summed E-state index contributed by atoms with van der Waals surface area (Å²) in [5.74, 6) is 0.212. The summed E-state index contributed by atoms with van der Waals surface area (Å²) in [6, 6.07) is 5.62. The van der Waals surface area contributed by atoms with Crippen molar-refractivity contribution in [3.8, 4) is 5.75 Å². The fourth-order valence-electron chi connectivity index (χ4n) is 2.11. The average molecular weight is 312 g/mol. The maximum Gasteiger partial charge on any atom is 0.236 e. The first-order valence-corrected chi connectivity index (χ1v) is 7.49. The molecular formula is C16H25FN2O3. The minimum atomic E-state index is -0.723. The maximum absolute atomic E-state index is 12.8. The molecule has 5 nitrogen and oxygen atoms in total. The van der Waals surface area contributed by atoms with Gasteiger partial charge < -0.3 is 14.7 Å². The van der Waals surface area contributed by atoms with Crippen LogP contribution < -0.4 is 4.74 Å². The number of aliphatic hydroxyl groups is 1. The first-order valence-electron chi connectivity index (χ1n) is 7.49. The molecule has 1 rings (SSSR count). The second-order valence-corrected chi connectivity index (χ2v) is 5.18. The Morgan fingerprint density at radius 2 is 1.86 bits per heavy atom. The van der Waals surface area contributed by atoms with E-state index < -0.39 is 6.10 Å². The number of likely N-dealkylation sites (N-methyl/N-ethyl adjacent to an activating group) is 2. The second kappa shape index (κ2) is 9.38. The first kappa shape index (κ1) is 18.4. The molecule has 1 unspecified atom stereocenters. The molecule has 0 saturated heterocycles. The van der Waals surface area contributed by atoms with Crippen molar-refractivity contribution < 1.29 is 19.0 Å². The fourth-order valence-corrected chi connectivity index (χ4v) is 2.11. The predicted octanol–water partition coefficient (Wildman–Crippen LogP) is 1.37. The summed E-state index contributed by atoms with van der Waals surface area (Å²) >= 11 is 0. The second-order valence-electron chi connectivity index (χ2n) is 5.18. The molecule has 0 spiro atoms. The molecular weight excluding hydrogens is 287 g/mol. The molecule has 0 aliphatic carbocycles. The third-order valence-corrected chi connectivity index (χ3v) is 3.30. The largest absolute Gasteiger partial charge is 0.491 e. The van der Waals surface area contributed by atoms with Crippen molar-refractivity contribution in [2.45, 2.75) is 20.0 Å². The van der Waals surface area contributed by atoms with Crippen molar-refractivity contribution in [3.63, 3.8) is 0 Å². The zero-order valence-electron chi connectivity index (χ0n) is 13.5. The van der Waals surface area contributed by atoms with E-state index in [0.29, 0.717) is 25.4 Å². The molecule has 6 heteroatoms. The summed E-state index contributed by atoms with van der Waals surface area (Å²) in [4.78, 5) is 15.5. The van der Waals surface area contributed by atoms with E-state index in [-0.39, 0.29) is 24.9 Å². The Hall–Kier alpha value is -1.66. The van der Waals surface area contributed by atoms with Crippen LogP contribution in [0.3, 0.4) is 0 Å². The number of ether oxygens (including phenoxy) is 1. The lowest BCUT2D eigenvalue weighted by Crippen LogP contribution is -2.42. The van der Waals surface area contributed by atoms with E-state index in [1.54, 1.807) is 16.8 Å². The summed E-state index contributed by atoms with van der Waals surface area (Å²) in [6.45, 7) is 5.91. The van der Waals surface area contributed by atoms with Gasteiger partial charge in [0.1, 0.15) is 24.3 Å². The van der Waals surface area contributed by atoms with Crippen LogP contribution in [0.5, 0.6) is 5.75 Å². The zero-order chi connectivity index (χ0) is 16.5. The fraction of sp³-hybridized carbons (Fsp3) is 0.562. The van der Waals surface area contributed by atoms with Crippen LogP contribution in [0.15, 0.2) is 24.3 Å². The average Bonchev–Trinajstić information content (AvgIpc) is 2.47. The quantitative estimate of drug-likeness (QED) is 0.748. The number of hydrogen-bond acceptors (Lipinski definition) is 4. The Balaban J connectivity index is 2.33. The van der Waals surface area contributed by atoms with Crippen LogP contribution in [0.4, 0.5) is 4.39 Å². The first-order chi connectivity index (χ1) is 10.5. The molecule has 1 aromatic rings. The van der Waals surface area contributed by atoms with Gasteiger partial charge >= 0.3 is 0 Å². The zero-order valence-corrected chi connectivity index (χ0v) is 13.5. The van der Waals surface area contributed by atoms with Crippen molar-refractivity contribution in [2.75, 3.05) is 39.8 Å². The van der Waals surface area contributed by atoms with Crippen LogP contribution in [-0.4, -0.2) is 66.8 Å². The molecule has 0 aliphatic rings. The van der Waals surface area contributed by atoms with Gasteiger partial charge in [0.25, 0.3) is 0 Å². The third kappa shape index (κ3) is 6.41. The van der Waals surface area contributed by atoms with E-state index in [0.717, 1.165) is 0 Å². The highest BCUT2D eigenvalue weighted by Crippen LogP contribution is 2.11. The van der Waals surface area contributed by atoms with Crippen LogP contribution in [0.2, 0.25) is 0 Å². The van der Waals surface area contributed by atoms with Crippen LogP contribution in [-0.2, 0) is 4.79 Å². The van der Waals surface area contributed by atoms with Crippen LogP contribution >= 0.6 is 0 Å². The van der Waals surface area contributed by atoms with Gasteiger partial charge in [0.15, 0.2) is 0 Å². The monoisotopic (exact) mass is 312 g/mol. The third-order valence-electron chi connectivity index (χ3n) is 3.30. The number of benzene rings is 1. The standard InChI is InChI=1S/C16H25FN2O3/c1-4-19(5-2)16(21)11-18(3)10-14(20)12-22-15-8-6-13(17)7-9-15/h6-9,14,20H,4-5,10-12H2,1-3H3. The number of carbonyl (C=O) groups excluding carboxylic acids is 1. The smallest absolute Gasteiger partial charge is 0.236 e. The molecule has 1 N–H and O–H groups in total. The van der Waals surface area contributed by atoms with E-state index in [9.17, 15) is 14.3 Å². The molecule has 0 fully saturated rings. The van der Waals surface area contributed by atoms with Gasteiger partial charge in [0.2, 0.25) is 5.91 Å². The minimum Gasteiger partial charge on any atom is -0.491 e. The topological polar surface area (TPSA) is 53.0 Å². The van der Waals surface area contributed by atoms with E-state index in [4.69, 9.17) is 4.74 Å². The van der Waals surface area contributed by atoms with Crippen LogP contribution in [0.25, 0.3) is 0 Å². The van der Waals surface area contributed by atoms with Crippen molar-refractivity contribution in [1.29, 1.82) is 0 Å². The number of hydrogen-bond donors (Lipinski definition) is 1. The molecule has 0 aliphatic heterocycles. The number of rotatable bonds is 9. The SMILES string of the molecule is CCN(CC)C(=O)CN(C)CC(O)COc1ccc(F)cc1. The van der Waals surface area contributed by atoms with Crippen molar-refractivity contribution in [3.05, 3.63) is 30.1 Å². The summed E-state index contributed by atoms with van der Waals surface area (Å²) in [5, 5.41) is 9.94. The van der Waals surface area contributed by atoms with Crippen LogP contribution in [0, 0.1) is 5.82 Å². The van der Waals surface area contributed by atoms with Gasteiger partial charge in [0.05, 0.1) is 6.54 Å². The lowest BCUT2D eigenvalue weighted by atomic mass is 10.3. The van der Waals surface area contributed by atoms with Gasteiger partial charge in [-0.25, -0.2) is 4.39 Å². The van der Waals surface area contributed by atoms with E-state index >= 15 is 0 Å². The van der Waals surface area contributed by atoms with Gasteiger partial charge in [0, 0.05) is 19.6 Å². The highest BCUT2D eigenvalue weighted by atomic mass is 19.1. The molecule has 22 heavy (non-hydrogen) atoms. The highest BCUT2D eigenvalue weighted by molar-refractivity contribution is 5.78. The number of aliphatic hydroxyl groups excluding tert-OH is 1. The number of amides is 1. The van der Waals surface area contributed by atoms with Crippen molar-refractivity contribution >= 4 is 5.91 Å². The molecule has 1 atom stereocenters.